The minimum Gasteiger partial charge on any atom is -0.352 e. The van der Waals surface area contributed by atoms with Crippen LogP contribution in [0, 0.1) is 0 Å². The molecular weight excluding hydrogens is 210 g/mol. The number of rotatable bonds is 3. The van der Waals surface area contributed by atoms with E-state index >= 15 is 0 Å². The molecule has 4 heteroatoms. The van der Waals surface area contributed by atoms with Crippen molar-refractivity contribution in [2.45, 2.75) is 38.9 Å². The van der Waals surface area contributed by atoms with Crippen LogP contribution in [0.15, 0.2) is 28.8 Å². The molecule has 0 N–H and O–H groups in total. The number of allylic oxidation sites excluding steroid dienone is 1. The molecule has 0 aromatic rings. The lowest BCUT2D eigenvalue weighted by atomic mass is 10.1. The van der Waals surface area contributed by atoms with Crippen molar-refractivity contribution in [2.75, 3.05) is 0 Å². The molecule has 0 fully saturated rings. The normalized spacial score (nSPS) is 27.3. The van der Waals surface area contributed by atoms with Crippen molar-refractivity contribution < 1.29 is 4.39 Å². The molecule has 2 nitrogen and oxygen atoms in total. The summed E-state index contributed by atoms with van der Waals surface area (Å²) in [6, 6.07) is 0.403. The molecule has 3 atom stereocenters. The molecular formula is C11H18FN2P. The van der Waals surface area contributed by atoms with E-state index in [-0.39, 0.29) is 12.1 Å². The second-order valence-corrected chi connectivity index (χ2v) is 4.93. The van der Waals surface area contributed by atoms with Crippen LogP contribution in [0.2, 0.25) is 0 Å². The van der Waals surface area contributed by atoms with E-state index in [1.54, 1.807) is 0 Å². The third-order valence-electron chi connectivity index (χ3n) is 2.37. The van der Waals surface area contributed by atoms with Crippen LogP contribution in [0.3, 0.4) is 0 Å². The fourth-order valence-electron chi connectivity index (χ4n) is 1.67. The Balaban J connectivity index is 2.87. The minimum absolute atomic E-state index is 0.104. The largest absolute Gasteiger partial charge is 0.352 e. The Bertz CT molecular complexity index is 293. The Morgan fingerprint density at radius 3 is 2.73 bits per heavy atom. The number of hydrogen-bond acceptors (Lipinski definition) is 2. The van der Waals surface area contributed by atoms with E-state index in [0.717, 1.165) is 5.31 Å². The zero-order chi connectivity index (χ0) is 11.4. The van der Waals surface area contributed by atoms with Gasteiger partial charge in [0.25, 0.3) is 0 Å². The SMILES string of the molecule is C/C(P)=C\C1C(/C=C/F)N=CN1C(C)C. The van der Waals surface area contributed by atoms with Crippen LogP contribution in [0.1, 0.15) is 20.8 Å². The lowest BCUT2D eigenvalue weighted by Gasteiger charge is -2.28. The van der Waals surface area contributed by atoms with Crippen LogP contribution >= 0.6 is 9.24 Å². The highest BCUT2D eigenvalue weighted by molar-refractivity contribution is 7.22. The minimum atomic E-state index is -0.104. The maximum Gasteiger partial charge on any atom is 0.0962 e. The first-order valence-electron chi connectivity index (χ1n) is 5.07. The molecule has 3 unspecified atom stereocenters. The maximum absolute atomic E-state index is 12.2. The summed E-state index contributed by atoms with van der Waals surface area (Å²) < 4.78 is 12.2. The quantitative estimate of drug-likeness (QED) is 0.678. The van der Waals surface area contributed by atoms with Gasteiger partial charge in [-0.1, -0.05) is 11.4 Å². The van der Waals surface area contributed by atoms with E-state index < -0.39 is 0 Å². The molecule has 1 aliphatic heterocycles. The highest BCUT2D eigenvalue weighted by Crippen LogP contribution is 2.21. The van der Waals surface area contributed by atoms with E-state index in [4.69, 9.17) is 0 Å². The van der Waals surface area contributed by atoms with Gasteiger partial charge in [0.05, 0.1) is 24.8 Å². The molecule has 0 saturated carbocycles. The average Bonchev–Trinajstić information content (AvgIpc) is 2.48. The summed E-state index contributed by atoms with van der Waals surface area (Å²) in [6.45, 7) is 6.22. The Labute approximate surface area is 93.2 Å². The molecule has 0 aliphatic carbocycles. The van der Waals surface area contributed by atoms with E-state index in [9.17, 15) is 4.39 Å². The van der Waals surface area contributed by atoms with Crippen LogP contribution in [-0.4, -0.2) is 29.4 Å². The molecule has 84 valence electrons. The van der Waals surface area contributed by atoms with Crippen LogP contribution in [0.5, 0.6) is 0 Å². The summed E-state index contributed by atoms with van der Waals surface area (Å²) >= 11 is 0. The summed E-state index contributed by atoms with van der Waals surface area (Å²) in [5.74, 6) is 0. The molecule has 1 heterocycles. The van der Waals surface area contributed by atoms with E-state index in [0.29, 0.717) is 12.4 Å². The molecule has 1 aliphatic rings. The highest BCUT2D eigenvalue weighted by atomic mass is 31.0. The van der Waals surface area contributed by atoms with Crippen LogP contribution in [-0.2, 0) is 0 Å². The third kappa shape index (κ3) is 3.13. The van der Waals surface area contributed by atoms with Gasteiger partial charge in [0, 0.05) is 6.04 Å². The molecule has 0 spiro atoms. The lowest BCUT2D eigenvalue weighted by molar-refractivity contribution is 0.318. The number of aliphatic imine (C=N–C) groups is 1. The number of nitrogens with zero attached hydrogens (tertiary/aromatic N) is 2. The van der Waals surface area contributed by atoms with Crippen molar-refractivity contribution >= 4 is 15.6 Å². The van der Waals surface area contributed by atoms with Gasteiger partial charge < -0.3 is 4.90 Å². The Hall–Kier alpha value is -0.690. The van der Waals surface area contributed by atoms with Gasteiger partial charge in [0.1, 0.15) is 0 Å². The predicted molar refractivity (Wildman–Crippen MR) is 66.8 cm³/mol. The monoisotopic (exact) mass is 228 g/mol. The Kier molecular flexibility index (Phi) is 4.46. The molecule has 0 saturated heterocycles. The van der Waals surface area contributed by atoms with Gasteiger partial charge >= 0.3 is 0 Å². The molecule has 0 bridgehead atoms. The average molecular weight is 228 g/mol. The number of hydrogen-bond donors (Lipinski definition) is 0. The zero-order valence-electron chi connectivity index (χ0n) is 9.39. The van der Waals surface area contributed by atoms with Crippen molar-refractivity contribution in [2.24, 2.45) is 4.99 Å². The van der Waals surface area contributed by atoms with Crippen molar-refractivity contribution in [3.63, 3.8) is 0 Å². The first kappa shape index (κ1) is 12.4. The summed E-state index contributed by atoms with van der Waals surface area (Å²) in [5, 5.41) is 1.15. The van der Waals surface area contributed by atoms with Gasteiger partial charge in [-0.25, -0.2) is 4.39 Å². The number of halogens is 1. The second-order valence-electron chi connectivity index (χ2n) is 4.02. The van der Waals surface area contributed by atoms with Crippen molar-refractivity contribution in [3.8, 4) is 0 Å². The smallest absolute Gasteiger partial charge is 0.0962 e. The van der Waals surface area contributed by atoms with Gasteiger partial charge in [-0.2, -0.15) is 0 Å². The fourth-order valence-corrected chi connectivity index (χ4v) is 1.86. The summed E-state index contributed by atoms with van der Waals surface area (Å²) in [5.41, 5.74) is 0. The molecule has 0 amide bonds. The zero-order valence-corrected chi connectivity index (χ0v) is 10.5. The second kappa shape index (κ2) is 5.41. The van der Waals surface area contributed by atoms with Gasteiger partial charge in [-0.05, 0) is 26.8 Å². The van der Waals surface area contributed by atoms with E-state index in [2.05, 4.69) is 39.1 Å². The fraction of sp³-hybridized carbons (Fsp3) is 0.545. The Morgan fingerprint density at radius 2 is 2.27 bits per heavy atom. The molecule has 1 rings (SSSR count). The summed E-state index contributed by atoms with van der Waals surface area (Å²) in [6.07, 6.45) is 5.98. The topological polar surface area (TPSA) is 15.6 Å². The first-order chi connectivity index (χ1) is 7.06. The maximum atomic E-state index is 12.2. The van der Waals surface area contributed by atoms with Gasteiger partial charge in [0.15, 0.2) is 0 Å². The summed E-state index contributed by atoms with van der Waals surface area (Å²) in [7, 11) is 2.65. The van der Waals surface area contributed by atoms with Crippen LogP contribution in [0.4, 0.5) is 4.39 Å². The first-order valence-corrected chi connectivity index (χ1v) is 5.65. The van der Waals surface area contributed by atoms with Gasteiger partial charge in [-0.3, -0.25) is 4.99 Å². The van der Waals surface area contributed by atoms with Gasteiger partial charge in [-0.15, -0.1) is 9.24 Å². The van der Waals surface area contributed by atoms with Crippen molar-refractivity contribution in [1.82, 2.24) is 4.90 Å². The molecule has 0 aromatic heterocycles. The molecule has 0 aromatic carbocycles. The van der Waals surface area contributed by atoms with Crippen LogP contribution in [0.25, 0.3) is 0 Å². The Morgan fingerprint density at radius 1 is 1.60 bits per heavy atom. The molecule has 0 radical (unpaired) electrons. The van der Waals surface area contributed by atoms with Crippen molar-refractivity contribution in [1.29, 1.82) is 0 Å². The van der Waals surface area contributed by atoms with E-state index in [1.807, 2.05) is 13.3 Å². The highest BCUT2D eigenvalue weighted by Gasteiger charge is 2.28. The summed E-state index contributed by atoms with van der Waals surface area (Å²) in [4.78, 5) is 6.42. The lowest BCUT2D eigenvalue weighted by Crippen LogP contribution is -2.38. The standard InChI is InChI=1S/C11H18FN2P/c1-8(2)14-7-13-10(4-5-12)11(14)6-9(3)15/h4-8,10-11H,15H2,1-3H3/b5-4+,9-6+. The van der Waals surface area contributed by atoms with Gasteiger partial charge in [0.2, 0.25) is 0 Å². The van der Waals surface area contributed by atoms with E-state index in [1.165, 1.54) is 6.08 Å². The van der Waals surface area contributed by atoms with Crippen LogP contribution < -0.4 is 0 Å². The predicted octanol–water partition coefficient (Wildman–Crippen LogP) is 2.74. The van der Waals surface area contributed by atoms with Crippen molar-refractivity contribution in [3.05, 3.63) is 23.8 Å². The third-order valence-corrected chi connectivity index (χ3v) is 2.56. The molecule has 15 heavy (non-hydrogen) atoms.